The van der Waals surface area contributed by atoms with E-state index in [0.717, 1.165) is 18.9 Å². The van der Waals surface area contributed by atoms with Gasteiger partial charge >= 0.3 is 24.0 Å². The Morgan fingerprint density at radius 1 is 0.897 bits per heavy atom. The number of hydrogen-bond acceptors (Lipinski definition) is 12. The Labute approximate surface area is 399 Å². The minimum atomic E-state index is -1.57. The summed E-state index contributed by atoms with van der Waals surface area (Å²) in [5, 5.41) is 16.7. The van der Waals surface area contributed by atoms with Crippen LogP contribution in [0, 0.1) is 17.3 Å². The number of urea groups is 2. The van der Waals surface area contributed by atoms with Crippen molar-refractivity contribution in [2.24, 2.45) is 28.7 Å². The molecule has 21 heteroatoms. The molecule has 68 heavy (non-hydrogen) atoms. The maximum atomic E-state index is 14.2. The van der Waals surface area contributed by atoms with E-state index in [1.54, 1.807) is 26.0 Å². The van der Waals surface area contributed by atoms with E-state index in [9.17, 15) is 43.2 Å². The van der Waals surface area contributed by atoms with Crippen LogP contribution in [0.3, 0.4) is 0 Å². The van der Waals surface area contributed by atoms with Crippen LogP contribution in [0.2, 0.25) is 0 Å². The monoisotopic (exact) mass is 958 g/mol. The molecule has 1 heterocycles. The van der Waals surface area contributed by atoms with Crippen molar-refractivity contribution in [3.05, 3.63) is 60.4 Å². The van der Waals surface area contributed by atoms with E-state index in [4.69, 9.17) is 25.7 Å². The molecule has 0 aliphatic carbocycles. The third-order valence-corrected chi connectivity index (χ3v) is 10.6. The fraction of sp³-hybridized carbons (Fsp3) is 0.596. The van der Waals surface area contributed by atoms with Crippen LogP contribution in [-0.2, 0) is 47.8 Å². The number of methoxy groups -OCH3 is 1. The number of carbonyl (C=O) groups excluding carboxylic acids is 9. The van der Waals surface area contributed by atoms with Crippen LogP contribution >= 0.6 is 0 Å². The summed E-state index contributed by atoms with van der Waals surface area (Å²) < 4.78 is 17.6. The number of amides is 9. The highest BCUT2D eigenvalue weighted by atomic mass is 16.6. The summed E-state index contributed by atoms with van der Waals surface area (Å²) in [6, 6.07) is -4.68. The smallest absolute Gasteiger partial charge is 0.325 e. The van der Waals surface area contributed by atoms with Gasteiger partial charge in [0.2, 0.25) is 23.6 Å². The molecule has 1 aliphatic rings. The molecule has 0 spiro atoms. The van der Waals surface area contributed by atoms with E-state index in [1.807, 2.05) is 19.1 Å². The predicted molar refractivity (Wildman–Crippen MR) is 254 cm³/mol. The largest absolute Gasteiger partial charge is 0.460 e. The van der Waals surface area contributed by atoms with Gasteiger partial charge in [-0.3, -0.25) is 33.6 Å². The second-order valence-corrected chi connectivity index (χ2v) is 17.1. The highest BCUT2D eigenvalue weighted by molar-refractivity contribution is 6.02. The molecule has 1 aliphatic heterocycles. The van der Waals surface area contributed by atoms with Crippen molar-refractivity contribution < 1.29 is 57.4 Å². The molecule has 0 bridgehead atoms. The van der Waals surface area contributed by atoms with Crippen LogP contribution < -0.4 is 48.7 Å². The summed E-state index contributed by atoms with van der Waals surface area (Å²) in [5.41, 5.74) is 8.59. The van der Waals surface area contributed by atoms with Gasteiger partial charge in [-0.15, -0.1) is 0 Å². The Balaban J connectivity index is 3.71. The summed E-state index contributed by atoms with van der Waals surface area (Å²) in [7, 11) is 1.45. The fourth-order valence-electron chi connectivity index (χ4n) is 6.22. The summed E-state index contributed by atoms with van der Waals surface area (Å²) in [6.07, 6.45) is 16.2. The van der Waals surface area contributed by atoms with Crippen LogP contribution in [0.1, 0.15) is 99.8 Å². The second-order valence-electron chi connectivity index (χ2n) is 17.1. The van der Waals surface area contributed by atoms with Gasteiger partial charge in [0.1, 0.15) is 36.5 Å². The maximum absolute atomic E-state index is 14.2. The summed E-state index contributed by atoms with van der Waals surface area (Å²) in [5.74, 6) is -5.83. The lowest BCUT2D eigenvalue weighted by atomic mass is 9.83. The van der Waals surface area contributed by atoms with Crippen molar-refractivity contribution in [3.8, 4) is 0 Å². The number of esters is 2. The molecule has 0 aromatic heterocycles. The molecule has 0 aromatic carbocycles. The van der Waals surface area contributed by atoms with Crippen molar-refractivity contribution in [2.45, 2.75) is 130 Å². The van der Waals surface area contributed by atoms with Crippen molar-refractivity contribution in [3.63, 3.8) is 0 Å². The van der Waals surface area contributed by atoms with Crippen molar-refractivity contribution >= 4 is 53.5 Å². The van der Waals surface area contributed by atoms with E-state index < -0.39 is 109 Å². The Morgan fingerprint density at radius 2 is 1.57 bits per heavy atom. The van der Waals surface area contributed by atoms with Crippen LogP contribution in [0.4, 0.5) is 9.59 Å². The number of hydrogen-bond donors (Lipinski definition) is 9. The molecule has 0 fully saturated rings. The molecule has 380 valence electrons. The lowest BCUT2D eigenvalue weighted by Crippen LogP contribution is -2.56. The summed E-state index contributed by atoms with van der Waals surface area (Å²) >= 11 is 0. The zero-order valence-corrected chi connectivity index (χ0v) is 40.8. The van der Waals surface area contributed by atoms with E-state index in [0.29, 0.717) is 18.8 Å². The number of rotatable bonds is 19. The number of carbonyl (C=O) groups is 9. The average Bonchev–Trinajstić information content (AvgIpc) is 3.28. The lowest BCUT2D eigenvalue weighted by Gasteiger charge is -2.35. The second kappa shape index (κ2) is 32.2. The lowest BCUT2D eigenvalue weighted by molar-refractivity contribution is -0.176. The number of ether oxygens (including phenoxy) is 3. The third-order valence-electron chi connectivity index (χ3n) is 10.6. The molecule has 0 aromatic rings. The molecular formula is C47H75N9O12. The molecule has 11 N–H and O–H groups in total. The van der Waals surface area contributed by atoms with Gasteiger partial charge in [0.05, 0.1) is 18.1 Å². The topological polar surface area (TPSA) is 318 Å². The highest BCUT2D eigenvalue weighted by Crippen LogP contribution is 2.31. The van der Waals surface area contributed by atoms with Crippen LogP contribution in [0.15, 0.2) is 60.4 Å². The maximum Gasteiger partial charge on any atom is 0.325 e. The minimum Gasteiger partial charge on any atom is -0.460 e. The highest BCUT2D eigenvalue weighted by Gasteiger charge is 2.43. The van der Waals surface area contributed by atoms with Gasteiger partial charge in [0.15, 0.2) is 0 Å². The van der Waals surface area contributed by atoms with Gasteiger partial charge in [0.25, 0.3) is 5.91 Å². The van der Waals surface area contributed by atoms with E-state index in [-0.39, 0.29) is 43.8 Å². The first-order valence-corrected chi connectivity index (χ1v) is 23.0. The molecule has 3 unspecified atom stereocenters. The van der Waals surface area contributed by atoms with Crippen molar-refractivity contribution in [1.82, 2.24) is 37.2 Å². The first-order valence-electron chi connectivity index (χ1n) is 23.0. The minimum absolute atomic E-state index is 0.0335. The fourth-order valence-corrected chi connectivity index (χ4v) is 6.22. The zero-order valence-electron chi connectivity index (χ0n) is 40.8. The third kappa shape index (κ3) is 24.3. The first kappa shape index (κ1) is 59.5. The molecule has 6 atom stereocenters. The van der Waals surface area contributed by atoms with Crippen molar-refractivity contribution in [2.75, 3.05) is 33.3 Å². The molecule has 1 rings (SSSR count). The first-order chi connectivity index (χ1) is 32.1. The number of nitrogens with one attached hydrogen (secondary N) is 7. The Morgan fingerprint density at radius 3 is 2.21 bits per heavy atom. The van der Waals surface area contributed by atoms with Crippen LogP contribution in [-0.4, -0.2) is 117 Å². The van der Waals surface area contributed by atoms with Gasteiger partial charge in [-0.05, 0) is 76.7 Å². The van der Waals surface area contributed by atoms with Gasteiger partial charge in [0, 0.05) is 32.7 Å². The molecule has 0 saturated carbocycles. The number of primary amides is 2. The quantitative estimate of drug-likeness (QED) is 0.0296. The van der Waals surface area contributed by atoms with Gasteiger partial charge in [-0.25, -0.2) is 9.59 Å². The standard InChI is InChI=1S/C47H75N9O12/c1-9-19-33-43(62)56-34(22-18-25-50-45(48)64)41(60)51-28-39(58)55-35(27-53-46(49)65)42(61)52-29-40(59)68-37(26-32(66-8)21-17-15-13-11-12-14-16-20-30(3)4)47(6,7)44(63)67-36(31(5)10-2)23-24-38(57)54-33/h12-15,17,19,21,23-24,30-32,34-37H,9-11,16,18,20,22,25-29H2,1-8H3,(H,51,60)(H,52,61)(H,54,57)(H,55,58)(H,56,62)(H3,48,50,64)(H3,49,53,65)/b14-12-,15-13+,21-17+,24-23+,33-19-/t31?,32-,34?,35-,36?,37-/m0/s1. The van der Waals surface area contributed by atoms with E-state index in [2.05, 4.69) is 63.2 Å². The molecular weight excluding hydrogens is 883 g/mol. The average molecular weight is 958 g/mol. The molecule has 21 nitrogen and oxygen atoms in total. The number of nitrogens with two attached hydrogens (primary N) is 2. The molecule has 0 saturated heterocycles. The number of allylic oxidation sites excluding steroid dienone is 6. The normalized spacial score (nSPS) is 22.8. The van der Waals surface area contributed by atoms with E-state index in [1.165, 1.54) is 33.1 Å². The number of cyclic esters (lactones) is 2. The Kier molecular flexibility index (Phi) is 28.2. The van der Waals surface area contributed by atoms with Gasteiger partial charge < -0.3 is 62.9 Å². The van der Waals surface area contributed by atoms with Crippen LogP contribution in [0.5, 0.6) is 0 Å². The SMILES string of the molecule is CC/C=C1\NC(=O)/C=C/C(C(C)CC)OC(=O)C(C)(C)[C@H](C[C@H](/C=C/C=C/C/C=C\CCC(C)C)OC)OC(=O)CNC(=O)[C@H](CNC(N)=O)NC(=O)CNC(=O)C(CCCNC(N)=O)NC1=O. The van der Waals surface area contributed by atoms with Crippen molar-refractivity contribution in [1.29, 1.82) is 0 Å². The summed E-state index contributed by atoms with van der Waals surface area (Å²) in [4.78, 5) is 117. The molecule has 0 radical (unpaired) electrons. The van der Waals surface area contributed by atoms with E-state index >= 15 is 0 Å². The Bertz CT molecular complexity index is 1860. The van der Waals surface area contributed by atoms with Gasteiger partial charge in [-0.2, -0.15) is 0 Å². The summed E-state index contributed by atoms with van der Waals surface area (Å²) in [6.45, 7) is 10.8. The molecule has 9 amide bonds. The zero-order chi connectivity index (χ0) is 51.2. The Hall–Kier alpha value is -6.51. The van der Waals surface area contributed by atoms with Gasteiger partial charge in [-0.1, -0.05) is 77.2 Å². The van der Waals surface area contributed by atoms with Crippen LogP contribution in [0.25, 0.3) is 0 Å². The predicted octanol–water partition coefficient (Wildman–Crippen LogP) is 2.08.